The predicted molar refractivity (Wildman–Crippen MR) is 90.1 cm³/mol. The minimum Gasteiger partial charge on any atom is -0.398 e. The lowest BCUT2D eigenvalue weighted by atomic mass is 10.1. The minimum atomic E-state index is -3.73. The Morgan fingerprint density at radius 2 is 1.90 bits per heavy atom. The van der Waals surface area contributed by atoms with Gasteiger partial charge in [0.15, 0.2) is 0 Å². The number of nitrogen functional groups attached to an aromatic ring is 1. The molecule has 2 N–H and O–H groups in total. The third-order valence-electron chi connectivity index (χ3n) is 2.63. The highest BCUT2D eigenvalue weighted by molar-refractivity contribution is 9.11. The number of nitrogens with zero attached hydrogens (tertiary/aromatic N) is 1. The molecule has 0 fully saturated rings. The third kappa shape index (κ3) is 3.63. The molecule has 0 spiro atoms. The SMILES string of the molecule is C=CCN(C(C)(C)C)S(=O)(=O)c1c(N)cc(Br)cc1Br. The second kappa shape index (κ2) is 6.17. The van der Waals surface area contributed by atoms with E-state index in [1.54, 1.807) is 18.2 Å². The van der Waals surface area contributed by atoms with Crippen molar-refractivity contribution in [2.75, 3.05) is 12.3 Å². The van der Waals surface area contributed by atoms with Gasteiger partial charge in [0.2, 0.25) is 10.0 Å². The maximum absolute atomic E-state index is 12.9. The molecule has 20 heavy (non-hydrogen) atoms. The van der Waals surface area contributed by atoms with Gasteiger partial charge in [-0.05, 0) is 48.8 Å². The first-order valence-corrected chi connectivity index (χ1v) is 8.92. The Hall–Kier alpha value is -0.370. The highest BCUT2D eigenvalue weighted by Gasteiger charge is 2.35. The highest BCUT2D eigenvalue weighted by atomic mass is 79.9. The van der Waals surface area contributed by atoms with Crippen LogP contribution in [0.5, 0.6) is 0 Å². The molecule has 0 amide bonds. The van der Waals surface area contributed by atoms with Crippen LogP contribution in [0.1, 0.15) is 20.8 Å². The van der Waals surface area contributed by atoms with Crippen LogP contribution >= 0.6 is 31.9 Å². The van der Waals surface area contributed by atoms with Crippen LogP contribution in [0.15, 0.2) is 38.6 Å². The maximum atomic E-state index is 12.9. The summed E-state index contributed by atoms with van der Waals surface area (Å²) in [4.78, 5) is 0.0810. The minimum absolute atomic E-state index is 0.0810. The van der Waals surface area contributed by atoms with Crippen LogP contribution in [0.3, 0.4) is 0 Å². The standard InChI is InChI=1S/C13H18Br2N2O2S/c1-5-6-17(13(2,3)4)20(18,19)12-10(15)7-9(14)8-11(12)16/h5,7-8H,1,6,16H2,2-4H3. The number of hydrogen-bond donors (Lipinski definition) is 1. The number of rotatable bonds is 4. The van der Waals surface area contributed by atoms with Gasteiger partial charge in [0, 0.05) is 21.0 Å². The summed E-state index contributed by atoms with van der Waals surface area (Å²) in [5, 5.41) is 0. The molecule has 0 aliphatic rings. The number of halogens is 2. The van der Waals surface area contributed by atoms with E-state index in [2.05, 4.69) is 38.4 Å². The van der Waals surface area contributed by atoms with E-state index in [1.807, 2.05) is 20.8 Å². The van der Waals surface area contributed by atoms with Crippen LogP contribution in [0.25, 0.3) is 0 Å². The van der Waals surface area contributed by atoms with Gasteiger partial charge in [0.25, 0.3) is 0 Å². The Labute approximate surface area is 137 Å². The smallest absolute Gasteiger partial charge is 0.247 e. The zero-order valence-electron chi connectivity index (χ0n) is 11.7. The lowest BCUT2D eigenvalue weighted by molar-refractivity contribution is 0.270. The molecular weight excluding hydrogens is 408 g/mol. The molecule has 0 aliphatic heterocycles. The summed E-state index contributed by atoms with van der Waals surface area (Å²) in [6.07, 6.45) is 1.56. The van der Waals surface area contributed by atoms with Crippen molar-refractivity contribution in [3.05, 3.63) is 33.7 Å². The topological polar surface area (TPSA) is 63.4 Å². The molecule has 0 aromatic heterocycles. The molecule has 0 unspecified atom stereocenters. The molecule has 0 atom stereocenters. The highest BCUT2D eigenvalue weighted by Crippen LogP contribution is 2.35. The maximum Gasteiger partial charge on any atom is 0.247 e. The molecule has 1 rings (SSSR count). The quantitative estimate of drug-likeness (QED) is 0.589. The number of hydrogen-bond acceptors (Lipinski definition) is 3. The molecule has 0 aliphatic carbocycles. The summed E-state index contributed by atoms with van der Waals surface area (Å²) in [5.41, 5.74) is 5.52. The van der Waals surface area contributed by atoms with E-state index < -0.39 is 15.6 Å². The summed E-state index contributed by atoms with van der Waals surface area (Å²) in [6.45, 7) is 9.33. The molecule has 0 heterocycles. The van der Waals surface area contributed by atoms with Crippen molar-refractivity contribution in [3.8, 4) is 0 Å². The first kappa shape index (κ1) is 17.7. The molecule has 0 saturated heterocycles. The predicted octanol–water partition coefficient (Wildman–Crippen LogP) is 3.77. The largest absolute Gasteiger partial charge is 0.398 e. The molecule has 1 aromatic rings. The van der Waals surface area contributed by atoms with E-state index >= 15 is 0 Å². The lowest BCUT2D eigenvalue weighted by Gasteiger charge is -2.34. The van der Waals surface area contributed by atoms with Gasteiger partial charge >= 0.3 is 0 Å². The van der Waals surface area contributed by atoms with Gasteiger partial charge in [-0.1, -0.05) is 22.0 Å². The summed E-state index contributed by atoms with van der Waals surface area (Å²) in [5.74, 6) is 0. The van der Waals surface area contributed by atoms with Crippen molar-refractivity contribution in [3.63, 3.8) is 0 Å². The van der Waals surface area contributed by atoms with Gasteiger partial charge in [-0.15, -0.1) is 6.58 Å². The zero-order chi connectivity index (χ0) is 15.7. The molecule has 1 aromatic carbocycles. The van der Waals surface area contributed by atoms with E-state index in [9.17, 15) is 8.42 Å². The molecular formula is C13H18Br2N2O2S. The first-order valence-electron chi connectivity index (χ1n) is 5.90. The van der Waals surface area contributed by atoms with Crippen molar-refractivity contribution in [1.82, 2.24) is 4.31 Å². The molecule has 0 bridgehead atoms. The van der Waals surface area contributed by atoms with E-state index in [0.29, 0.717) is 8.95 Å². The number of benzene rings is 1. The van der Waals surface area contributed by atoms with Crippen LogP contribution in [-0.2, 0) is 10.0 Å². The lowest BCUT2D eigenvalue weighted by Crippen LogP contribution is -2.45. The second-order valence-electron chi connectivity index (χ2n) is 5.30. The van der Waals surface area contributed by atoms with E-state index in [-0.39, 0.29) is 17.1 Å². The molecule has 7 heteroatoms. The van der Waals surface area contributed by atoms with Crippen LogP contribution in [0.2, 0.25) is 0 Å². The second-order valence-corrected chi connectivity index (χ2v) is 8.87. The van der Waals surface area contributed by atoms with E-state index in [1.165, 1.54) is 4.31 Å². The average Bonchev–Trinajstić information content (AvgIpc) is 2.21. The number of sulfonamides is 1. The molecule has 4 nitrogen and oxygen atoms in total. The number of anilines is 1. The van der Waals surface area contributed by atoms with Gasteiger partial charge in [0.1, 0.15) is 4.90 Å². The van der Waals surface area contributed by atoms with Gasteiger partial charge in [0.05, 0.1) is 5.69 Å². The monoisotopic (exact) mass is 424 g/mol. The Bertz CT molecular complexity index is 599. The third-order valence-corrected chi connectivity index (χ3v) is 6.22. The van der Waals surface area contributed by atoms with Crippen LogP contribution < -0.4 is 5.73 Å². The van der Waals surface area contributed by atoms with E-state index in [4.69, 9.17) is 5.73 Å². The summed E-state index contributed by atoms with van der Waals surface area (Å²) in [7, 11) is -3.73. The van der Waals surface area contributed by atoms with Crippen LogP contribution in [-0.4, -0.2) is 24.8 Å². The van der Waals surface area contributed by atoms with E-state index in [0.717, 1.165) is 0 Å². The normalized spacial score (nSPS) is 12.7. The van der Waals surface area contributed by atoms with Gasteiger partial charge in [-0.25, -0.2) is 8.42 Å². The number of nitrogens with two attached hydrogens (primary N) is 1. The molecule has 0 radical (unpaired) electrons. The summed E-state index contributed by atoms with van der Waals surface area (Å²) >= 11 is 6.56. The Morgan fingerprint density at radius 1 is 1.35 bits per heavy atom. The van der Waals surface area contributed by atoms with Crippen molar-refractivity contribution < 1.29 is 8.42 Å². The Balaban J connectivity index is 3.53. The molecule has 0 saturated carbocycles. The zero-order valence-corrected chi connectivity index (χ0v) is 15.6. The van der Waals surface area contributed by atoms with Crippen molar-refractivity contribution in [1.29, 1.82) is 0 Å². The first-order chi connectivity index (χ1) is 9.01. The van der Waals surface area contributed by atoms with Crippen molar-refractivity contribution >= 4 is 47.6 Å². The molecule has 112 valence electrons. The van der Waals surface area contributed by atoms with Crippen molar-refractivity contribution in [2.45, 2.75) is 31.2 Å². The van der Waals surface area contributed by atoms with Gasteiger partial charge in [-0.2, -0.15) is 4.31 Å². The van der Waals surface area contributed by atoms with Gasteiger partial charge < -0.3 is 5.73 Å². The van der Waals surface area contributed by atoms with Crippen molar-refractivity contribution in [2.24, 2.45) is 0 Å². The van der Waals surface area contributed by atoms with Crippen LogP contribution in [0.4, 0.5) is 5.69 Å². The Kier molecular flexibility index (Phi) is 5.46. The van der Waals surface area contributed by atoms with Gasteiger partial charge in [-0.3, -0.25) is 0 Å². The average molecular weight is 426 g/mol. The summed E-state index contributed by atoms with van der Waals surface area (Å²) < 4.78 is 28.3. The summed E-state index contributed by atoms with van der Waals surface area (Å²) in [6, 6.07) is 3.24. The Morgan fingerprint density at radius 3 is 2.30 bits per heavy atom. The fourth-order valence-electron chi connectivity index (χ4n) is 1.81. The fraction of sp³-hybridized carbons (Fsp3) is 0.385. The van der Waals surface area contributed by atoms with Crippen LogP contribution in [0, 0.1) is 0 Å². The fourth-order valence-corrected chi connectivity index (χ4v) is 5.59.